The fourth-order valence-electron chi connectivity index (χ4n) is 3.24. The number of nitrogens with one attached hydrogen (secondary N) is 1. The Bertz CT molecular complexity index is 1150. The summed E-state index contributed by atoms with van der Waals surface area (Å²) in [4.78, 5) is 12.7. The van der Waals surface area contributed by atoms with Crippen LogP contribution in [0, 0.1) is 0 Å². The van der Waals surface area contributed by atoms with Gasteiger partial charge in [-0.2, -0.15) is 0 Å². The summed E-state index contributed by atoms with van der Waals surface area (Å²) >= 11 is 6.18. The van der Waals surface area contributed by atoms with Gasteiger partial charge in [0.25, 0.3) is 15.9 Å². The first-order valence-electron chi connectivity index (χ1n) is 8.73. The highest BCUT2D eigenvalue weighted by molar-refractivity contribution is 7.92. The molecule has 3 aromatic rings. The van der Waals surface area contributed by atoms with Crippen molar-refractivity contribution in [3.8, 4) is 0 Å². The third kappa shape index (κ3) is 3.37. The normalized spacial score (nSPS) is 13.2. The summed E-state index contributed by atoms with van der Waals surface area (Å²) in [5.41, 5.74) is 2.37. The maximum Gasteiger partial charge on any atom is 0.264 e. The van der Waals surface area contributed by atoms with E-state index < -0.39 is 15.9 Å². The molecular weight excluding hydrogens is 396 g/mol. The molecule has 0 aromatic heterocycles. The molecule has 0 fully saturated rings. The number of benzene rings is 3. The summed E-state index contributed by atoms with van der Waals surface area (Å²) in [5, 5.41) is 2.92. The molecule has 0 saturated carbocycles. The molecule has 0 saturated heterocycles. The van der Waals surface area contributed by atoms with Crippen molar-refractivity contribution in [3.05, 3.63) is 88.9 Å². The average Bonchev–Trinajstić information content (AvgIpc) is 3.14. The Morgan fingerprint density at radius 2 is 1.68 bits per heavy atom. The smallest absolute Gasteiger partial charge is 0.264 e. The summed E-state index contributed by atoms with van der Waals surface area (Å²) in [6.45, 7) is 0.371. The van der Waals surface area contributed by atoms with Crippen LogP contribution in [0.4, 0.5) is 11.4 Å². The highest BCUT2D eigenvalue weighted by Crippen LogP contribution is 2.33. The predicted molar refractivity (Wildman–Crippen MR) is 111 cm³/mol. The fraction of sp³-hybridized carbons (Fsp3) is 0.0952. The molecule has 1 amide bonds. The molecule has 7 heteroatoms. The maximum atomic E-state index is 13.2. The van der Waals surface area contributed by atoms with E-state index in [2.05, 4.69) is 5.32 Å². The first kappa shape index (κ1) is 18.5. The van der Waals surface area contributed by atoms with Crippen molar-refractivity contribution in [1.82, 2.24) is 0 Å². The summed E-state index contributed by atoms with van der Waals surface area (Å²) in [7, 11) is -3.80. The Kier molecular flexibility index (Phi) is 4.83. The van der Waals surface area contributed by atoms with Crippen molar-refractivity contribution < 1.29 is 13.2 Å². The molecule has 142 valence electrons. The quantitative estimate of drug-likeness (QED) is 0.693. The lowest BCUT2D eigenvalue weighted by molar-refractivity contribution is 0.102. The number of rotatable bonds is 4. The van der Waals surface area contributed by atoms with Gasteiger partial charge in [-0.15, -0.1) is 0 Å². The molecule has 3 aromatic carbocycles. The summed E-state index contributed by atoms with van der Waals surface area (Å²) in [5.74, 6) is -0.463. The van der Waals surface area contributed by atoms with Gasteiger partial charge in [-0.1, -0.05) is 48.0 Å². The zero-order valence-electron chi connectivity index (χ0n) is 14.8. The van der Waals surface area contributed by atoms with E-state index in [1.54, 1.807) is 30.3 Å². The van der Waals surface area contributed by atoms with Crippen molar-refractivity contribution in [2.45, 2.75) is 11.3 Å². The molecule has 1 N–H and O–H groups in total. The van der Waals surface area contributed by atoms with Crippen molar-refractivity contribution in [2.24, 2.45) is 0 Å². The number of anilines is 2. The molecule has 0 radical (unpaired) electrons. The molecule has 0 aliphatic carbocycles. The van der Waals surface area contributed by atoms with Crippen LogP contribution < -0.4 is 9.62 Å². The van der Waals surface area contributed by atoms with E-state index in [0.29, 0.717) is 24.3 Å². The van der Waals surface area contributed by atoms with Gasteiger partial charge >= 0.3 is 0 Å². The highest BCUT2D eigenvalue weighted by atomic mass is 35.5. The van der Waals surface area contributed by atoms with Crippen LogP contribution in [-0.2, 0) is 16.4 Å². The van der Waals surface area contributed by atoms with Gasteiger partial charge in [-0.3, -0.25) is 9.10 Å². The second-order valence-corrected chi connectivity index (χ2v) is 8.69. The SMILES string of the molecule is O=C(Nc1ccccc1)c1cc(S(=O)(=O)N2CCc3ccccc32)ccc1Cl. The molecule has 1 heterocycles. The third-order valence-corrected chi connectivity index (χ3v) is 6.79. The number of para-hydroxylation sites is 2. The van der Waals surface area contributed by atoms with E-state index in [1.807, 2.05) is 24.3 Å². The molecule has 4 rings (SSSR count). The maximum absolute atomic E-state index is 13.2. The molecule has 0 atom stereocenters. The summed E-state index contributed by atoms with van der Waals surface area (Å²) < 4.78 is 27.8. The predicted octanol–water partition coefficient (Wildman–Crippen LogP) is 4.34. The van der Waals surface area contributed by atoms with Crippen LogP contribution in [0.3, 0.4) is 0 Å². The first-order chi connectivity index (χ1) is 13.5. The van der Waals surface area contributed by atoms with Gasteiger partial charge in [-0.25, -0.2) is 8.42 Å². The van der Waals surface area contributed by atoms with Gasteiger partial charge in [0, 0.05) is 12.2 Å². The number of nitrogens with zero attached hydrogens (tertiary/aromatic N) is 1. The zero-order chi connectivity index (χ0) is 19.7. The van der Waals surface area contributed by atoms with Crippen LogP contribution >= 0.6 is 11.6 Å². The van der Waals surface area contributed by atoms with Crippen LogP contribution in [0.1, 0.15) is 15.9 Å². The Hall–Kier alpha value is -2.83. The number of hydrogen-bond acceptors (Lipinski definition) is 3. The average molecular weight is 413 g/mol. The number of hydrogen-bond donors (Lipinski definition) is 1. The van der Waals surface area contributed by atoms with Crippen LogP contribution in [-0.4, -0.2) is 20.9 Å². The molecule has 5 nitrogen and oxygen atoms in total. The van der Waals surface area contributed by atoms with Gasteiger partial charge in [-0.05, 0) is 48.4 Å². The van der Waals surface area contributed by atoms with Gasteiger partial charge in [0.1, 0.15) is 0 Å². The lowest BCUT2D eigenvalue weighted by atomic mass is 10.2. The van der Waals surface area contributed by atoms with Crippen LogP contribution in [0.25, 0.3) is 0 Å². The van der Waals surface area contributed by atoms with Crippen molar-refractivity contribution in [2.75, 3.05) is 16.2 Å². The lowest BCUT2D eigenvalue weighted by Gasteiger charge is -2.20. The second kappa shape index (κ2) is 7.30. The molecule has 0 bridgehead atoms. The van der Waals surface area contributed by atoms with E-state index in [0.717, 1.165) is 5.56 Å². The van der Waals surface area contributed by atoms with Crippen LogP contribution in [0.5, 0.6) is 0 Å². The van der Waals surface area contributed by atoms with Crippen molar-refractivity contribution >= 4 is 38.9 Å². The summed E-state index contributed by atoms with van der Waals surface area (Å²) in [6, 6.07) is 20.5. The third-order valence-electron chi connectivity index (χ3n) is 4.65. The molecular formula is C21H17ClN2O3S. The van der Waals surface area contributed by atoms with Gasteiger partial charge in [0.2, 0.25) is 0 Å². The van der Waals surface area contributed by atoms with Crippen LogP contribution in [0.2, 0.25) is 5.02 Å². The van der Waals surface area contributed by atoms with E-state index in [-0.39, 0.29) is 15.5 Å². The monoisotopic (exact) mass is 412 g/mol. The topological polar surface area (TPSA) is 66.5 Å². The Balaban J connectivity index is 1.68. The van der Waals surface area contributed by atoms with E-state index in [4.69, 9.17) is 11.6 Å². The van der Waals surface area contributed by atoms with Crippen molar-refractivity contribution in [3.63, 3.8) is 0 Å². The zero-order valence-corrected chi connectivity index (χ0v) is 16.4. The van der Waals surface area contributed by atoms with E-state index in [1.165, 1.54) is 22.5 Å². The number of carbonyl (C=O) groups excluding carboxylic acids is 1. The fourth-order valence-corrected chi connectivity index (χ4v) is 4.98. The Morgan fingerprint density at radius 1 is 0.964 bits per heavy atom. The first-order valence-corrected chi connectivity index (χ1v) is 10.6. The molecule has 28 heavy (non-hydrogen) atoms. The summed E-state index contributed by atoms with van der Waals surface area (Å²) in [6.07, 6.45) is 0.657. The minimum atomic E-state index is -3.80. The standard InChI is InChI=1S/C21H17ClN2O3S/c22-19-11-10-17(14-18(19)21(25)23-16-7-2-1-3-8-16)28(26,27)24-13-12-15-6-4-5-9-20(15)24/h1-11,14H,12-13H2,(H,23,25). The Labute approximate surface area is 168 Å². The van der Waals surface area contributed by atoms with E-state index in [9.17, 15) is 13.2 Å². The molecule has 0 spiro atoms. The minimum Gasteiger partial charge on any atom is -0.322 e. The molecule has 1 aliphatic rings. The highest BCUT2D eigenvalue weighted by Gasteiger charge is 2.31. The minimum absolute atomic E-state index is 0.0341. The second-order valence-electron chi connectivity index (χ2n) is 6.42. The van der Waals surface area contributed by atoms with Crippen LogP contribution in [0.15, 0.2) is 77.7 Å². The molecule has 1 aliphatic heterocycles. The number of fused-ring (bicyclic) bond motifs is 1. The number of carbonyl (C=O) groups is 1. The largest absolute Gasteiger partial charge is 0.322 e. The van der Waals surface area contributed by atoms with Gasteiger partial charge in [0.05, 0.1) is 21.2 Å². The van der Waals surface area contributed by atoms with Gasteiger partial charge in [0.15, 0.2) is 0 Å². The number of sulfonamides is 1. The number of amides is 1. The van der Waals surface area contributed by atoms with Gasteiger partial charge < -0.3 is 5.32 Å². The molecule has 0 unspecified atom stereocenters. The Morgan fingerprint density at radius 3 is 2.46 bits per heavy atom. The lowest BCUT2D eigenvalue weighted by Crippen LogP contribution is -2.29. The van der Waals surface area contributed by atoms with E-state index >= 15 is 0 Å². The number of halogens is 1. The van der Waals surface area contributed by atoms with Crippen molar-refractivity contribution in [1.29, 1.82) is 0 Å².